The summed E-state index contributed by atoms with van der Waals surface area (Å²) in [5.41, 5.74) is 3.34. The fourth-order valence-electron chi connectivity index (χ4n) is 2.02. The van der Waals surface area contributed by atoms with Gasteiger partial charge in [0.25, 0.3) is 0 Å². The standard InChI is InChI=1S/C18H21ClN2OS/c1-12-7-8-17(9-13(12)2)22-11-14(3)20-18(23)21-16-6-4-5-15(19)10-16/h4-10,14H,11H2,1-3H3,(H2,20,21,23). The van der Waals surface area contributed by atoms with Crippen LogP contribution in [-0.4, -0.2) is 17.8 Å². The Labute approximate surface area is 148 Å². The summed E-state index contributed by atoms with van der Waals surface area (Å²) < 4.78 is 5.80. The molecule has 0 fully saturated rings. The number of halogens is 1. The molecule has 5 heteroatoms. The van der Waals surface area contributed by atoms with Gasteiger partial charge in [-0.1, -0.05) is 23.7 Å². The summed E-state index contributed by atoms with van der Waals surface area (Å²) in [6, 6.07) is 13.6. The normalized spacial score (nSPS) is 11.7. The van der Waals surface area contributed by atoms with Crippen LogP contribution >= 0.6 is 23.8 Å². The van der Waals surface area contributed by atoms with E-state index in [0.29, 0.717) is 16.7 Å². The fraction of sp³-hybridized carbons (Fsp3) is 0.278. The molecule has 122 valence electrons. The first-order valence-corrected chi connectivity index (χ1v) is 8.26. The Bertz CT molecular complexity index is 690. The molecule has 3 nitrogen and oxygen atoms in total. The van der Waals surface area contributed by atoms with Crippen LogP contribution in [0, 0.1) is 13.8 Å². The number of thiocarbonyl (C=S) groups is 1. The van der Waals surface area contributed by atoms with Gasteiger partial charge < -0.3 is 15.4 Å². The molecule has 0 aliphatic heterocycles. The van der Waals surface area contributed by atoms with E-state index in [-0.39, 0.29) is 6.04 Å². The minimum Gasteiger partial charge on any atom is -0.491 e. The third-order valence-electron chi connectivity index (χ3n) is 3.44. The van der Waals surface area contributed by atoms with Gasteiger partial charge in [0.05, 0.1) is 6.04 Å². The molecule has 2 aromatic carbocycles. The SMILES string of the molecule is Cc1ccc(OCC(C)NC(=S)Nc2cccc(Cl)c2)cc1C. The first kappa shape index (κ1) is 17.6. The van der Waals surface area contributed by atoms with Crippen molar-refractivity contribution in [2.75, 3.05) is 11.9 Å². The molecule has 0 saturated heterocycles. The predicted molar refractivity (Wildman–Crippen MR) is 102 cm³/mol. The van der Waals surface area contributed by atoms with Crippen molar-refractivity contribution in [3.8, 4) is 5.75 Å². The number of benzene rings is 2. The molecule has 23 heavy (non-hydrogen) atoms. The maximum absolute atomic E-state index is 5.95. The number of hydrogen-bond donors (Lipinski definition) is 2. The molecule has 2 N–H and O–H groups in total. The van der Waals surface area contributed by atoms with Gasteiger partial charge in [0.1, 0.15) is 12.4 Å². The van der Waals surface area contributed by atoms with Gasteiger partial charge in [0, 0.05) is 10.7 Å². The number of rotatable bonds is 5. The zero-order chi connectivity index (χ0) is 16.8. The van der Waals surface area contributed by atoms with Gasteiger partial charge in [-0.2, -0.15) is 0 Å². The van der Waals surface area contributed by atoms with Crippen molar-refractivity contribution in [2.24, 2.45) is 0 Å². The Kier molecular flexibility index (Phi) is 6.25. The van der Waals surface area contributed by atoms with Crippen molar-refractivity contribution < 1.29 is 4.74 Å². The summed E-state index contributed by atoms with van der Waals surface area (Å²) in [5.74, 6) is 0.871. The zero-order valence-corrected chi connectivity index (χ0v) is 15.1. The molecule has 1 atom stereocenters. The van der Waals surface area contributed by atoms with Crippen molar-refractivity contribution >= 4 is 34.6 Å². The minimum absolute atomic E-state index is 0.0794. The van der Waals surface area contributed by atoms with Crippen molar-refractivity contribution in [3.63, 3.8) is 0 Å². The van der Waals surface area contributed by atoms with Gasteiger partial charge in [-0.3, -0.25) is 0 Å². The van der Waals surface area contributed by atoms with Gasteiger partial charge in [-0.25, -0.2) is 0 Å². The lowest BCUT2D eigenvalue weighted by Crippen LogP contribution is -2.39. The Morgan fingerprint density at radius 2 is 1.96 bits per heavy atom. The second-order valence-electron chi connectivity index (χ2n) is 5.57. The van der Waals surface area contributed by atoms with E-state index in [9.17, 15) is 0 Å². The van der Waals surface area contributed by atoms with Crippen LogP contribution in [0.5, 0.6) is 5.75 Å². The van der Waals surface area contributed by atoms with E-state index in [1.807, 2.05) is 43.3 Å². The molecular formula is C18H21ClN2OS. The second-order valence-corrected chi connectivity index (χ2v) is 6.41. The maximum atomic E-state index is 5.95. The van der Waals surface area contributed by atoms with E-state index in [2.05, 4.69) is 30.5 Å². The summed E-state index contributed by atoms with van der Waals surface area (Å²) in [6.45, 7) is 6.71. The van der Waals surface area contributed by atoms with E-state index in [4.69, 9.17) is 28.6 Å². The van der Waals surface area contributed by atoms with E-state index < -0.39 is 0 Å². The van der Waals surface area contributed by atoms with Crippen LogP contribution in [0.2, 0.25) is 5.02 Å². The highest BCUT2D eigenvalue weighted by atomic mass is 35.5. The molecule has 0 aliphatic carbocycles. The van der Waals surface area contributed by atoms with Gasteiger partial charge in [-0.05, 0) is 74.4 Å². The number of hydrogen-bond acceptors (Lipinski definition) is 2. The molecule has 0 amide bonds. The lowest BCUT2D eigenvalue weighted by atomic mass is 10.1. The lowest BCUT2D eigenvalue weighted by molar-refractivity contribution is 0.287. The first-order chi connectivity index (χ1) is 10.9. The van der Waals surface area contributed by atoms with Crippen LogP contribution in [0.15, 0.2) is 42.5 Å². The Hall–Kier alpha value is -1.78. The molecule has 2 aromatic rings. The van der Waals surface area contributed by atoms with Crippen molar-refractivity contribution in [1.82, 2.24) is 5.32 Å². The first-order valence-electron chi connectivity index (χ1n) is 7.47. The third-order valence-corrected chi connectivity index (χ3v) is 3.89. The largest absolute Gasteiger partial charge is 0.491 e. The Morgan fingerprint density at radius 1 is 1.17 bits per heavy atom. The lowest BCUT2D eigenvalue weighted by Gasteiger charge is -2.18. The van der Waals surface area contributed by atoms with Crippen LogP contribution in [0.3, 0.4) is 0 Å². The molecule has 0 spiro atoms. The monoisotopic (exact) mass is 348 g/mol. The van der Waals surface area contributed by atoms with Crippen LogP contribution in [0.25, 0.3) is 0 Å². The van der Waals surface area contributed by atoms with Crippen molar-refractivity contribution in [2.45, 2.75) is 26.8 Å². The minimum atomic E-state index is 0.0794. The average molecular weight is 349 g/mol. The summed E-state index contributed by atoms with van der Waals surface area (Å²) in [4.78, 5) is 0. The highest BCUT2D eigenvalue weighted by molar-refractivity contribution is 7.80. The fourth-order valence-corrected chi connectivity index (χ4v) is 2.53. The van der Waals surface area contributed by atoms with E-state index in [1.54, 1.807) is 0 Å². The van der Waals surface area contributed by atoms with Crippen LogP contribution in [-0.2, 0) is 0 Å². The molecule has 2 rings (SSSR count). The summed E-state index contributed by atoms with van der Waals surface area (Å²) in [6.07, 6.45) is 0. The third kappa shape index (κ3) is 5.73. The number of anilines is 1. The summed E-state index contributed by atoms with van der Waals surface area (Å²) >= 11 is 11.3. The Morgan fingerprint density at radius 3 is 2.65 bits per heavy atom. The molecule has 0 saturated carbocycles. The molecule has 0 aliphatic rings. The second kappa shape index (κ2) is 8.18. The molecular weight excluding hydrogens is 328 g/mol. The van der Waals surface area contributed by atoms with Gasteiger partial charge >= 0.3 is 0 Å². The molecule has 1 unspecified atom stereocenters. The highest BCUT2D eigenvalue weighted by Gasteiger charge is 2.06. The van der Waals surface area contributed by atoms with E-state index in [1.165, 1.54) is 11.1 Å². The van der Waals surface area contributed by atoms with Crippen LogP contribution < -0.4 is 15.4 Å². The number of nitrogens with one attached hydrogen (secondary N) is 2. The average Bonchev–Trinajstić information content (AvgIpc) is 2.48. The predicted octanol–water partition coefficient (Wildman–Crippen LogP) is 4.71. The Balaban J connectivity index is 1.80. The molecule has 0 heterocycles. The quantitative estimate of drug-likeness (QED) is 0.766. The summed E-state index contributed by atoms with van der Waals surface area (Å²) in [7, 11) is 0. The van der Waals surface area contributed by atoms with E-state index in [0.717, 1.165) is 11.4 Å². The van der Waals surface area contributed by atoms with Crippen LogP contribution in [0.1, 0.15) is 18.1 Å². The van der Waals surface area contributed by atoms with Gasteiger partial charge in [-0.15, -0.1) is 0 Å². The zero-order valence-electron chi connectivity index (χ0n) is 13.5. The van der Waals surface area contributed by atoms with Gasteiger partial charge in [0.2, 0.25) is 0 Å². The van der Waals surface area contributed by atoms with Crippen molar-refractivity contribution in [1.29, 1.82) is 0 Å². The highest BCUT2D eigenvalue weighted by Crippen LogP contribution is 2.17. The molecule has 0 aromatic heterocycles. The van der Waals surface area contributed by atoms with Crippen LogP contribution in [0.4, 0.5) is 5.69 Å². The van der Waals surface area contributed by atoms with E-state index >= 15 is 0 Å². The molecule has 0 radical (unpaired) electrons. The topological polar surface area (TPSA) is 33.3 Å². The van der Waals surface area contributed by atoms with Gasteiger partial charge in [0.15, 0.2) is 5.11 Å². The number of aryl methyl sites for hydroxylation is 2. The summed E-state index contributed by atoms with van der Waals surface area (Å²) in [5, 5.41) is 7.52. The molecule has 0 bridgehead atoms. The number of ether oxygens (including phenoxy) is 1. The maximum Gasteiger partial charge on any atom is 0.171 e. The smallest absolute Gasteiger partial charge is 0.171 e. The van der Waals surface area contributed by atoms with Crippen molar-refractivity contribution in [3.05, 3.63) is 58.6 Å².